The van der Waals surface area contributed by atoms with Crippen molar-refractivity contribution in [1.29, 1.82) is 0 Å². The summed E-state index contributed by atoms with van der Waals surface area (Å²) >= 11 is 0. The molecule has 110 valence electrons. The topological polar surface area (TPSA) is 66.6 Å². The second kappa shape index (κ2) is 6.90. The summed E-state index contributed by atoms with van der Waals surface area (Å²) in [6.45, 7) is 0.871. The van der Waals surface area contributed by atoms with Crippen molar-refractivity contribution < 1.29 is 9.90 Å². The highest BCUT2D eigenvalue weighted by Gasteiger charge is 2.16. The fourth-order valence-electron chi connectivity index (χ4n) is 2.28. The first-order valence-electron chi connectivity index (χ1n) is 6.93. The molecule has 0 aliphatic carbocycles. The fourth-order valence-corrected chi connectivity index (χ4v) is 2.28. The van der Waals surface area contributed by atoms with Crippen molar-refractivity contribution in [3.63, 3.8) is 0 Å². The van der Waals surface area contributed by atoms with Gasteiger partial charge in [-0.15, -0.1) is 0 Å². The molecule has 0 heterocycles. The first-order chi connectivity index (χ1) is 10.1. The minimum atomic E-state index is -0.0673. The van der Waals surface area contributed by atoms with E-state index in [0.29, 0.717) is 25.1 Å². The number of para-hydroxylation sites is 1. The van der Waals surface area contributed by atoms with Gasteiger partial charge in [0.15, 0.2) is 0 Å². The average molecular weight is 284 g/mol. The van der Waals surface area contributed by atoms with Crippen LogP contribution in [0.4, 0.5) is 0 Å². The molecule has 2 aromatic rings. The van der Waals surface area contributed by atoms with Crippen LogP contribution < -0.4 is 5.73 Å². The third-order valence-electron chi connectivity index (χ3n) is 3.41. The zero-order chi connectivity index (χ0) is 15.2. The van der Waals surface area contributed by atoms with Gasteiger partial charge in [0.25, 0.3) is 5.91 Å². The van der Waals surface area contributed by atoms with Crippen LogP contribution in [0.1, 0.15) is 21.5 Å². The number of nitrogens with zero attached hydrogens (tertiary/aromatic N) is 1. The highest BCUT2D eigenvalue weighted by Crippen LogP contribution is 2.19. The molecule has 0 aliphatic heterocycles. The molecule has 0 atom stereocenters. The van der Waals surface area contributed by atoms with E-state index in [2.05, 4.69) is 0 Å². The zero-order valence-corrected chi connectivity index (χ0v) is 12.1. The molecule has 0 spiro atoms. The van der Waals surface area contributed by atoms with Crippen molar-refractivity contribution in [2.75, 3.05) is 13.6 Å². The Hall–Kier alpha value is -2.33. The molecule has 4 nitrogen and oxygen atoms in total. The molecular formula is C17H20N2O2. The van der Waals surface area contributed by atoms with Gasteiger partial charge in [-0.25, -0.2) is 0 Å². The SMILES string of the molecule is CN(Cc1ccccc1O)C(=O)c1ccccc1CCN. The van der Waals surface area contributed by atoms with Gasteiger partial charge in [0.1, 0.15) is 5.75 Å². The van der Waals surface area contributed by atoms with E-state index in [0.717, 1.165) is 11.1 Å². The Morgan fingerprint density at radius 2 is 1.71 bits per heavy atom. The number of carbonyl (C=O) groups is 1. The third-order valence-corrected chi connectivity index (χ3v) is 3.41. The second-order valence-corrected chi connectivity index (χ2v) is 4.99. The van der Waals surface area contributed by atoms with E-state index in [1.54, 1.807) is 24.1 Å². The number of nitrogens with two attached hydrogens (primary N) is 1. The van der Waals surface area contributed by atoms with Gasteiger partial charge in [-0.3, -0.25) is 4.79 Å². The van der Waals surface area contributed by atoms with Crippen LogP contribution in [-0.4, -0.2) is 29.5 Å². The van der Waals surface area contributed by atoms with Crippen LogP contribution in [0.2, 0.25) is 0 Å². The molecule has 0 saturated carbocycles. The molecule has 2 rings (SSSR count). The minimum Gasteiger partial charge on any atom is -0.508 e. The van der Waals surface area contributed by atoms with Gasteiger partial charge in [-0.1, -0.05) is 36.4 Å². The van der Waals surface area contributed by atoms with E-state index in [1.807, 2.05) is 36.4 Å². The average Bonchev–Trinajstić information content (AvgIpc) is 2.50. The van der Waals surface area contributed by atoms with Crippen molar-refractivity contribution in [2.24, 2.45) is 5.73 Å². The van der Waals surface area contributed by atoms with E-state index >= 15 is 0 Å². The van der Waals surface area contributed by atoms with E-state index in [9.17, 15) is 9.90 Å². The van der Waals surface area contributed by atoms with Gasteiger partial charge in [0.05, 0.1) is 0 Å². The number of carbonyl (C=O) groups excluding carboxylic acids is 1. The summed E-state index contributed by atoms with van der Waals surface area (Å²) in [5, 5.41) is 9.80. The van der Waals surface area contributed by atoms with Gasteiger partial charge in [0.2, 0.25) is 0 Å². The Balaban J connectivity index is 2.18. The second-order valence-electron chi connectivity index (χ2n) is 4.99. The van der Waals surface area contributed by atoms with Crippen LogP contribution >= 0.6 is 0 Å². The van der Waals surface area contributed by atoms with E-state index in [4.69, 9.17) is 5.73 Å². The molecule has 21 heavy (non-hydrogen) atoms. The predicted molar refractivity (Wildman–Crippen MR) is 83.1 cm³/mol. The largest absolute Gasteiger partial charge is 0.508 e. The fraction of sp³-hybridized carbons (Fsp3) is 0.235. The van der Waals surface area contributed by atoms with Gasteiger partial charge < -0.3 is 15.7 Å². The first kappa shape index (κ1) is 15.1. The number of rotatable bonds is 5. The van der Waals surface area contributed by atoms with Gasteiger partial charge in [-0.05, 0) is 30.7 Å². The van der Waals surface area contributed by atoms with Crippen molar-refractivity contribution >= 4 is 5.91 Å². The number of phenols is 1. The van der Waals surface area contributed by atoms with Crippen molar-refractivity contribution in [2.45, 2.75) is 13.0 Å². The lowest BCUT2D eigenvalue weighted by Crippen LogP contribution is -2.27. The Labute approximate surface area is 124 Å². The summed E-state index contributed by atoms with van der Waals surface area (Å²) in [5.74, 6) is 0.134. The summed E-state index contributed by atoms with van der Waals surface area (Å²) in [6, 6.07) is 14.5. The monoisotopic (exact) mass is 284 g/mol. The lowest BCUT2D eigenvalue weighted by atomic mass is 10.0. The van der Waals surface area contributed by atoms with Gasteiger partial charge in [-0.2, -0.15) is 0 Å². The molecule has 0 saturated heterocycles. The molecule has 0 aromatic heterocycles. The van der Waals surface area contributed by atoms with Gasteiger partial charge >= 0.3 is 0 Å². The Morgan fingerprint density at radius 1 is 1.10 bits per heavy atom. The first-order valence-corrected chi connectivity index (χ1v) is 6.93. The summed E-state index contributed by atoms with van der Waals surface area (Å²) in [7, 11) is 1.73. The number of phenolic OH excluding ortho intramolecular Hbond substituents is 1. The van der Waals surface area contributed by atoms with Crippen LogP contribution in [-0.2, 0) is 13.0 Å². The van der Waals surface area contributed by atoms with Gasteiger partial charge in [0, 0.05) is 24.7 Å². The number of amides is 1. The Morgan fingerprint density at radius 3 is 2.38 bits per heavy atom. The maximum atomic E-state index is 12.6. The molecule has 1 amide bonds. The molecular weight excluding hydrogens is 264 g/mol. The molecule has 4 heteroatoms. The molecule has 0 fully saturated rings. The van der Waals surface area contributed by atoms with E-state index in [-0.39, 0.29) is 11.7 Å². The molecule has 0 bridgehead atoms. The third kappa shape index (κ3) is 3.61. The number of hydrogen-bond acceptors (Lipinski definition) is 3. The highest BCUT2D eigenvalue weighted by atomic mass is 16.3. The maximum Gasteiger partial charge on any atom is 0.254 e. The molecule has 0 aliphatic rings. The summed E-state index contributed by atoms with van der Waals surface area (Å²) in [4.78, 5) is 14.2. The van der Waals surface area contributed by atoms with Crippen LogP contribution in [0.5, 0.6) is 5.75 Å². The Bertz CT molecular complexity index is 626. The Kier molecular flexibility index (Phi) is 4.95. The molecule has 2 aromatic carbocycles. The molecule has 0 radical (unpaired) electrons. The van der Waals surface area contributed by atoms with Crippen molar-refractivity contribution in [3.05, 3.63) is 65.2 Å². The predicted octanol–water partition coefficient (Wildman–Crippen LogP) is 2.17. The number of benzene rings is 2. The summed E-state index contributed by atoms with van der Waals surface area (Å²) < 4.78 is 0. The number of aromatic hydroxyl groups is 1. The van der Waals surface area contributed by atoms with Crippen LogP contribution in [0.25, 0.3) is 0 Å². The van der Waals surface area contributed by atoms with E-state index in [1.165, 1.54) is 0 Å². The van der Waals surface area contributed by atoms with Crippen LogP contribution in [0.3, 0.4) is 0 Å². The van der Waals surface area contributed by atoms with Crippen molar-refractivity contribution in [1.82, 2.24) is 4.90 Å². The zero-order valence-electron chi connectivity index (χ0n) is 12.1. The summed E-state index contributed by atoms with van der Waals surface area (Å²) in [5.41, 5.74) is 7.94. The minimum absolute atomic E-state index is 0.0673. The number of hydrogen-bond donors (Lipinski definition) is 2. The molecule has 0 unspecified atom stereocenters. The van der Waals surface area contributed by atoms with Crippen LogP contribution in [0.15, 0.2) is 48.5 Å². The lowest BCUT2D eigenvalue weighted by molar-refractivity contribution is 0.0783. The lowest BCUT2D eigenvalue weighted by Gasteiger charge is -2.19. The van der Waals surface area contributed by atoms with Crippen LogP contribution in [0, 0.1) is 0 Å². The van der Waals surface area contributed by atoms with E-state index < -0.39 is 0 Å². The maximum absolute atomic E-state index is 12.6. The quantitative estimate of drug-likeness (QED) is 0.884. The highest BCUT2D eigenvalue weighted by molar-refractivity contribution is 5.95. The smallest absolute Gasteiger partial charge is 0.254 e. The standard InChI is InChI=1S/C17H20N2O2/c1-19(12-14-7-3-5-9-16(14)20)17(21)15-8-4-2-6-13(15)10-11-18/h2-9,20H,10-12,18H2,1H3. The normalized spacial score (nSPS) is 10.4. The summed E-state index contributed by atoms with van der Waals surface area (Å²) in [6.07, 6.45) is 0.673. The van der Waals surface area contributed by atoms with Crippen molar-refractivity contribution in [3.8, 4) is 5.75 Å². The molecule has 3 N–H and O–H groups in total.